The Morgan fingerprint density at radius 1 is 0.596 bits per heavy atom. The molecule has 0 saturated heterocycles. The number of allylic oxidation sites excluding steroid dienone is 2. The average molecular weight is 733 g/mol. The molecule has 3 aliphatic rings. The van der Waals surface area contributed by atoms with Crippen LogP contribution >= 0.6 is 0 Å². The van der Waals surface area contributed by atoms with Crippen molar-refractivity contribution < 1.29 is 4.42 Å². The van der Waals surface area contributed by atoms with Crippen molar-refractivity contribution >= 4 is 27.8 Å². The quantitative estimate of drug-likeness (QED) is 0.191. The third-order valence-corrected chi connectivity index (χ3v) is 11.9. The molecule has 0 radical (unpaired) electrons. The molecule has 0 bridgehead atoms. The first-order chi connectivity index (χ1) is 27.9. The highest BCUT2D eigenvalue weighted by Crippen LogP contribution is 2.50. The van der Waals surface area contributed by atoms with Crippen LogP contribution in [0.3, 0.4) is 0 Å². The van der Waals surface area contributed by atoms with Gasteiger partial charge in [-0.2, -0.15) is 10.4 Å². The summed E-state index contributed by atoms with van der Waals surface area (Å²) in [5.41, 5.74) is 17.3. The number of benzene rings is 7. The molecule has 5 heteroatoms. The highest BCUT2D eigenvalue weighted by Gasteiger charge is 2.36. The van der Waals surface area contributed by atoms with Crippen molar-refractivity contribution in [3.63, 3.8) is 0 Å². The van der Waals surface area contributed by atoms with Crippen LogP contribution in [-0.4, -0.2) is 17.0 Å². The van der Waals surface area contributed by atoms with E-state index >= 15 is 0 Å². The van der Waals surface area contributed by atoms with Gasteiger partial charge in [0, 0.05) is 33.5 Å². The molecule has 3 heterocycles. The maximum absolute atomic E-state index is 9.58. The minimum atomic E-state index is -0.220. The van der Waals surface area contributed by atoms with Crippen LogP contribution in [0.1, 0.15) is 36.1 Å². The van der Waals surface area contributed by atoms with Crippen LogP contribution in [0, 0.1) is 11.3 Å². The summed E-state index contributed by atoms with van der Waals surface area (Å²) in [4.78, 5) is 0. The molecule has 1 N–H and O–H groups in total. The molecule has 5 nitrogen and oxygen atoms in total. The first-order valence-electron chi connectivity index (χ1n) is 19.4. The van der Waals surface area contributed by atoms with Gasteiger partial charge in [0.05, 0.1) is 11.6 Å². The second-order valence-electron chi connectivity index (χ2n) is 15.6. The molecule has 57 heavy (non-hydrogen) atoms. The summed E-state index contributed by atoms with van der Waals surface area (Å²) in [7, 11) is 0. The van der Waals surface area contributed by atoms with Gasteiger partial charge in [-0.1, -0.05) is 123 Å². The first-order valence-corrected chi connectivity index (χ1v) is 19.4. The number of fused-ring (bicyclic) bond motifs is 7. The number of para-hydroxylation sites is 1. The molecule has 0 amide bonds. The molecular formula is C52H36N4O. The number of hydrazone groups is 1. The topological polar surface area (TPSA) is 64.6 Å². The zero-order chi connectivity index (χ0) is 38.3. The maximum Gasteiger partial charge on any atom is 0.155 e. The van der Waals surface area contributed by atoms with Gasteiger partial charge < -0.3 is 9.73 Å². The Bertz CT molecular complexity index is 3100. The Hall–Kier alpha value is -7.42. The standard InChI is InChI=1S/C52H36N4O/c1-52(2)46-26-32(31-53)15-22-42(46)43-23-20-40(30-47(43)52)41-12-7-13-44-45-29-39(21-24-48(45)57-50(41)44)38-11-6-10-37(28-38)36-9-5-8-35(27-36)33-16-18-34(19-17-33)51-54-49-14-3-4-25-56(49)55-51/h3-30,49H,1-2H3,(H,54,55). The van der Waals surface area contributed by atoms with Crippen molar-refractivity contribution in [3.05, 3.63) is 192 Å². The van der Waals surface area contributed by atoms with Crippen molar-refractivity contribution in [1.29, 1.82) is 5.26 Å². The second kappa shape index (κ2) is 12.6. The van der Waals surface area contributed by atoms with Crippen molar-refractivity contribution in [2.24, 2.45) is 5.10 Å². The minimum absolute atomic E-state index is 0.0707. The van der Waals surface area contributed by atoms with E-state index in [9.17, 15) is 5.26 Å². The Kier molecular flexibility index (Phi) is 7.26. The third kappa shape index (κ3) is 5.33. The van der Waals surface area contributed by atoms with Gasteiger partial charge in [0.15, 0.2) is 5.84 Å². The van der Waals surface area contributed by atoms with E-state index < -0.39 is 0 Å². The summed E-state index contributed by atoms with van der Waals surface area (Å²) >= 11 is 0. The number of furan rings is 1. The number of nitriles is 1. The highest BCUT2D eigenvalue weighted by molar-refractivity contribution is 6.11. The second-order valence-corrected chi connectivity index (χ2v) is 15.6. The van der Waals surface area contributed by atoms with Gasteiger partial charge in [0.25, 0.3) is 0 Å². The predicted octanol–water partition coefficient (Wildman–Crippen LogP) is 12.4. The van der Waals surface area contributed by atoms with E-state index in [1.807, 2.05) is 35.5 Å². The summed E-state index contributed by atoms with van der Waals surface area (Å²) in [5, 5.41) is 21.9. The lowest BCUT2D eigenvalue weighted by molar-refractivity contribution is 0.349. The summed E-state index contributed by atoms with van der Waals surface area (Å²) in [6, 6.07) is 54.3. The van der Waals surface area contributed by atoms with Crippen LogP contribution in [0.5, 0.6) is 0 Å². The minimum Gasteiger partial charge on any atom is -0.455 e. The van der Waals surface area contributed by atoms with Crippen molar-refractivity contribution in [3.8, 4) is 61.7 Å². The van der Waals surface area contributed by atoms with Gasteiger partial charge in [-0.15, -0.1) is 0 Å². The van der Waals surface area contributed by atoms with E-state index in [4.69, 9.17) is 9.52 Å². The molecule has 0 spiro atoms. The van der Waals surface area contributed by atoms with E-state index in [0.717, 1.165) is 61.2 Å². The number of amidine groups is 1. The fraction of sp³-hybridized carbons (Fsp3) is 0.0769. The van der Waals surface area contributed by atoms with Crippen LogP contribution in [0.15, 0.2) is 180 Å². The smallest absolute Gasteiger partial charge is 0.155 e. The molecular weight excluding hydrogens is 697 g/mol. The fourth-order valence-corrected chi connectivity index (χ4v) is 8.88. The Morgan fingerprint density at radius 2 is 1.23 bits per heavy atom. The van der Waals surface area contributed by atoms with Crippen LogP contribution in [0.25, 0.3) is 77.6 Å². The van der Waals surface area contributed by atoms with Crippen molar-refractivity contribution in [1.82, 2.24) is 10.3 Å². The van der Waals surface area contributed by atoms with Gasteiger partial charge in [-0.3, -0.25) is 0 Å². The van der Waals surface area contributed by atoms with Crippen LogP contribution in [0.4, 0.5) is 0 Å². The average Bonchev–Trinajstić information content (AvgIpc) is 3.94. The van der Waals surface area contributed by atoms with E-state index in [0.29, 0.717) is 5.56 Å². The number of hydrogen-bond acceptors (Lipinski definition) is 5. The summed E-state index contributed by atoms with van der Waals surface area (Å²) in [6.07, 6.45) is 8.19. The molecule has 2 aliphatic heterocycles. The number of rotatable bonds is 5. The molecule has 0 saturated carbocycles. The molecule has 1 aromatic heterocycles. The summed E-state index contributed by atoms with van der Waals surface area (Å²) in [6.45, 7) is 4.50. The summed E-state index contributed by atoms with van der Waals surface area (Å²) in [5.74, 6) is 0.877. The predicted molar refractivity (Wildman–Crippen MR) is 231 cm³/mol. The van der Waals surface area contributed by atoms with Crippen LogP contribution in [-0.2, 0) is 5.41 Å². The molecule has 0 fully saturated rings. The number of nitrogens with zero attached hydrogens (tertiary/aromatic N) is 3. The molecule has 8 aromatic rings. The van der Waals surface area contributed by atoms with Gasteiger partial charge in [-0.25, -0.2) is 5.01 Å². The van der Waals surface area contributed by atoms with Gasteiger partial charge in [0.1, 0.15) is 17.3 Å². The van der Waals surface area contributed by atoms with E-state index in [1.54, 1.807) is 0 Å². The Balaban J connectivity index is 0.896. The fourth-order valence-electron chi connectivity index (χ4n) is 8.88. The Morgan fingerprint density at radius 3 is 1.96 bits per heavy atom. The van der Waals surface area contributed by atoms with Crippen molar-refractivity contribution in [2.45, 2.75) is 25.4 Å². The highest BCUT2D eigenvalue weighted by atomic mass is 16.3. The van der Waals surface area contributed by atoms with Gasteiger partial charge in [0.2, 0.25) is 0 Å². The molecule has 1 unspecified atom stereocenters. The first kappa shape index (κ1) is 33.0. The molecule has 1 aliphatic carbocycles. The lowest BCUT2D eigenvalue weighted by atomic mass is 9.81. The molecule has 270 valence electrons. The van der Waals surface area contributed by atoms with Gasteiger partial charge in [-0.05, 0) is 116 Å². The third-order valence-electron chi connectivity index (χ3n) is 11.9. The maximum atomic E-state index is 9.58. The largest absolute Gasteiger partial charge is 0.455 e. The summed E-state index contributed by atoms with van der Waals surface area (Å²) < 4.78 is 6.65. The molecule has 11 rings (SSSR count). The van der Waals surface area contributed by atoms with Crippen LogP contribution in [0.2, 0.25) is 0 Å². The SMILES string of the molecule is CC1(C)c2cc(C#N)ccc2-c2ccc(-c3cccc4c3oc3ccc(-c5cccc(-c6cccc(-c7ccc(C8=NN9C=CC=CC9N8)cc7)c6)c5)cc34)cc21. The normalized spacial score (nSPS) is 15.9. The molecule has 1 atom stereocenters. The molecule has 7 aromatic carbocycles. The zero-order valence-electron chi connectivity index (χ0n) is 31.5. The lowest BCUT2D eigenvalue weighted by Gasteiger charge is -2.22. The van der Waals surface area contributed by atoms with E-state index in [2.05, 4.69) is 165 Å². The van der Waals surface area contributed by atoms with E-state index in [1.165, 1.54) is 38.9 Å². The monoisotopic (exact) mass is 732 g/mol. The van der Waals surface area contributed by atoms with Gasteiger partial charge >= 0.3 is 0 Å². The van der Waals surface area contributed by atoms with Crippen LogP contribution < -0.4 is 5.32 Å². The van der Waals surface area contributed by atoms with Crippen molar-refractivity contribution in [2.75, 3.05) is 0 Å². The number of nitrogens with one attached hydrogen (secondary N) is 1. The lowest BCUT2D eigenvalue weighted by Crippen LogP contribution is -2.34. The number of hydrogen-bond donors (Lipinski definition) is 1. The van der Waals surface area contributed by atoms with E-state index in [-0.39, 0.29) is 11.6 Å². The zero-order valence-corrected chi connectivity index (χ0v) is 31.5. The Labute approximate surface area is 331 Å².